The highest BCUT2D eigenvalue weighted by Crippen LogP contribution is 2.33. The first-order valence-corrected chi connectivity index (χ1v) is 16.3. The van der Waals surface area contributed by atoms with Crippen LogP contribution >= 0.6 is 31.9 Å². The van der Waals surface area contributed by atoms with Gasteiger partial charge in [0.05, 0.1) is 5.56 Å². The predicted molar refractivity (Wildman–Crippen MR) is 185 cm³/mol. The summed E-state index contributed by atoms with van der Waals surface area (Å²) in [5.74, 6) is 0. The molecule has 0 radical (unpaired) electrons. The van der Waals surface area contributed by atoms with E-state index in [0.717, 1.165) is 37.6 Å². The summed E-state index contributed by atoms with van der Waals surface area (Å²) in [6.07, 6.45) is 11.9. The van der Waals surface area contributed by atoms with E-state index in [4.69, 9.17) is 4.42 Å². The van der Waals surface area contributed by atoms with E-state index in [-0.39, 0.29) is 5.63 Å². The Labute approximate surface area is 263 Å². The number of halogens is 2. The molecule has 6 aromatic rings. The highest BCUT2D eigenvalue weighted by molar-refractivity contribution is 9.10. The minimum atomic E-state index is -0.333. The van der Waals surface area contributed by atoms with Crippen LogP contribution in [0.5, 0.6) is 0 Å². The molecule has 0 bridgehead atoms. The van der Waals surface area contributed by atoms with Gasteiger partial charge >= 0.3 is 5.63 Å². The molecule has 0 aliphatic carbocycles. The van der Waals surface area contributed by atoms with Gasteiger partial charge in [0.15, 0.2) is 0 Å². The van der Waals surface area contributed by atoms with Crippen molar-refractivity contribution in [1.82, 2.24) is 4.57 Å². The van der Waals surface area contributed by atoms with Crippen molar-refractivity contribution in [3.8, 4) is 11.1 Å². The number of aryl methyl sites for hydroxylation is 1. The molecule has 2 heterocycles. The van der Waals surface area contributed by atoms with Gasteiger partial charge in [-0.2, -0.15) is 0 Å². The maximum Gasteiger partial charge on any atom is 0.344 e. The van der Waals surface area contributed by atoms with Gasteiger partial charge in [-0.3, -0.25) is 0 Å². The first-order chi connectivity index (χ1) is 20.5. The molecule has 6 rings (SSSR count). The summed E-state index contributed by atoms with van der Waals surface area (Å²) in [6.45, 7) is 3.30. The molecule has 0 spiro atoms. The maximum atomic E-state index is 12.8. The topological polar surface area (TPSA) is 35.1 Å². The standard InChI is InChI=1S/C37H33Br2NO2/c1-2-3-4-5-6-7-20-40-34-18-11-25(21-32(34)33-24-30(39)17-19-35(33)40)8-9-26-10-12-28-23-31(37(41)42-36(28)22-26)27-13-15-29(38)16-14-27/h8-19,21-24H,2-7,20H2,1H3/b9-8+. The highest BCUT2D eigenvalue weighted by atomic mass is 79.9. The number of fused-ring (bicyclic) bond motifs is 4. The molecule has 4 aromatic carbocycles. The number of rotatable bonds is 10. The van der Waals surface area contributed by atoms with Gasteiger partial charge in [-0.1, -0.05) is 113 Å². The number of hydrogen-bond donors (Lipinski definition) is 0. The van der Waals surface area contributed by atoms with Gasteiger partial charge in [0.25, 0.3) is 0 Å². The van der Waals surface area contributed by atoms with Crippen molar-refractivity contribution < 1.29 is 4.42 Å². The van der Waals surface area contributed by atoms with Crippen LogP contribution in [0.2, 0.25) is 0 Å². The molecule has 0 fully saturated rings. The largest absolute Gasteiger partial charge is 0.422 e. The van der Waals surface area contributed by atoms with Crippen LogP contribution in [0.3, 0.4) is 0 Å². The summed E-state index contributed by atoms with van der Waals surface area (Å²) in [6, 6.07) is 28.9. The van der Waals surface area contributed by atoms with Crippen LogP contribution in [-0.2, 0) is 6.54 Å². The van der Waals surface area contributed by atoms with Crippen LogP contribution in [0, 0.1) is 0 Å². The average molecular weight is 683 g/mol. The molecular weight excluding hydrogens is 650 g/mol. The Morgan fingerprint density at radius 2 is 1.33 bits per heavy atom. The Bertz CT molecular complexity index is 1960. The molecule has 3 nitrogen and oxygen atoms in total. The van der Waals surface area contributed by atoms with Crippen molar-refractivity contribution in [2.45, 2.75) is 52.0 Å². The number of aromatic nitrogens is 1. The third-order valence-corrected chi connectivity index (χ3v) is 8.99. The van der Waals surface area contributed by atoms with Crippen molar-refractivity contribution in [3.63, 3.8) is 0 Å². The van der Waals surface area contributed by atoms with Crippen LogP contribution in [0.1, 0.15) is 56.6 Å². The minimum absolute atomic E-state index is 0.333. The lowest BCUT2D eigenvalue weighted by atomic mass is 10.0. The maximum absolute atomic E-state index is 12.8. The molecule has 0 atom stereocenters. The molecule has 5 heteroatoms. The fourth-order valence-corrected chi connectivity index (χ4v) is 6.37. The van der Waals surface area contributed by atoms with Crippen molar-refractivity contribution >= 4 is 76.8 Å². The van der Waals surface area contributed by atoms with E-state index in [1.165, 1.54) is 60.3 Å². The molecular formula is C37H33Br2NO2. The summed E-state index contributed by atoms with van der Waals surface area (Å²) in [7, 11) is 0. The molecule has 0 unspecified atom stereocenters. The lowest BCUT2D eigenvalue weighted by Crippen LogP contribution is -2.02. The molecule has 212 valence electrons. The smallest absolute Gasteiger partial charge is 0.344 e. The molecule has 0 amide bonds. The molecule has 0 N–H and O–H groups in total. The van der Waals surface area contributed by atoms with Gasteiger partial charge in [-0.25, -0.2) is 4.79 Å². The Balaban J connectivity index is 1.27. The quantitative estimate of drug-likeness (QED) is 0.0819. The van der Waals surface area contributed by atoms with Gasteiger partial charge in [0, 0.05) is 42.7 Å². The van der Waals surface area contributed by atoms with Crippen molar-refractivity contribution in [2.24, 2.45) is 0 Å². The van der Waals surface area contributed by atoms with Gasteiger partial charge in [-0.15, -0.1) is 0 Å². The molecule has 2 aromatic heterocycles. The monoisotopic (exact) mass is 681 g/mol. The molecule has 0 aliphatic rings. The van der Waals surface area contributed by atoms with Gasteiger partial charge in [0.1, 0.15) is 5.58 Å². The second-order valence-electron chi connectivity index (χ2n) is 10.9. The third kappa shape index (κ3) is 6.18. The lowest BCUT2D eigenvalue weighted by molar-refractivity contribution is 0.563. The summed E-state index contributed by atoms with van der Waals surface area (Å²) in [5, 5.41) is 3.44. The van der Waals surface area contributed by atoms with E-state index in [9.17, 15) is 4.79 Å². The van der Waals surface area contributed by atoms with E-state index >= 15 is 0 Å². The van der Waals surface area contributed by atoms with E-state index in [2.05, 4.69) is 98.0 Å². The number of nitrogens with zero attached hydrogens (tertiary/aromatic N) is 1. The SMILES string of the molecule is CCCCCCCCn1c2ccc(Br)cc2c2cc(/C=C/c3ccc4cc(-c5ccc(Br)cc5)c(=O)oc4c3)ccc21. The van der Waals surface area contributed by atoms with Crippen molar-refractivity contribution in [1.29, 1.82) is 0 Å². The summed E-state index contributed by atoms with van der Waals surface area (Å²) in [5.41, 5.74) is 6.34. The lowest BCUT2D eigenvalue weighted by Gasteiger charge is -2.08. The summed E-state index contributed by atoms with van der Waals surface area (Å²) in [4.78, 5) is 12.8. The van der Waals surface area contributed by atoms with Gasteiger partial charge in [-0.05, 0) is 77.7 Å². The Kier molecular flexibility index (Phi) is 8.78. The number of unbranched alkanes of at least 4 members (excludes halogenated alkanes) is 5. The predicted octanol–water partition coefficient (Wildman–Crippen LogP) is 11.6. The van der Waals surface area contributed by atoms with E-state index < -0.39 is 0 Å². The normalized spacial score (nSPS) is 11.9. The average Bonchev–Trinajstić information content (AvgIpc) is 3.29. The summed E-state index contributed by atoms with van der Waals surface area (Å²) >= 11 is 7.13. The van der Waals surface area contributed by atoms with Crippen LogP contribution < -0.4 is 5.63 Å². The Hall–Kier alpha value is -3.41. The van der Waals surface area contributed by atoms with Crippen LogP contribution in [-0.4, -0.2) is 4.57 Å². The van der Waals surface area contributed by atoms with Gasteiger partial charge < -0.3 is 8.98 Å². The zero-order chi connectivity index (χ0) is 29.1. The second kappa shape index (κ2) is 12.8. The van der Waals surface area contributed by atoms with Crippen molar-refractivity contribution in [3.05, 3.63) is 115 Å². The second-order valence-corrected chi connectivity index (χ2v) is 12.8. The fraction of sp³-hybridized carbons (Fsp3) is 0.216. The minimum Gasteiger partial charge on any atom is -0.422 e. The highest BCUT2D eigenvalue weighted by Gasteiger charge is 2.12. The third-order valence-electron chi connectivity index (χ3n) is 7.97. The molecule has 0 aliphatic heterocycles. The number of benzene rings is 4. The van der Waals surface area contributed by atoms with E-state index in [1.807, 2.05) is 42.5 Å². The Morgan fingerprint density at radius 1 is 0.690 bits per heavy atom. The number of hydrogen-bond acceptors (Lipinski definition) is 2. The Morgan fingerprint density at radius 3 is 2.12 bits per heavy atom. The van der Waals surface area contributed by atoms with Crippen LogP contribution in [0.25, 0.3) is 56.1 Å². The first-order valence-electron chi connectivity index (χ1n) is 14.7. The summed E-state index contributed by atoms with van der Waals surface area (Å²) < 4.78 is 10.3. The molecule has 0 saturated heterocycles. The first kappa shape index (κ1) is 28.7. The van der Waals surface area contributed by atoms with Gasteiger partial charge in [0.2, 0.25) is 0 Å². The molecule has 0 saturated carbocycles. The van der Waals surface area contributed by atoms with E-state index in [1.54, 1.807) is 0 Å². The fourth-order valence-electron chi connectivity index (χ4n) is 5.74. The zero-order valence-corrected chi connectivity index (χ0v) is 26.9. The van der Waals surface area contributed by atoms with E-state index in [0.29, 0.717) is 11.1 Å². The van der Waals surface area contributed by atoms with Crippen molar-refractivity contribution in [2.75, 3.05) is 0 Å². The zero-order valence-electron chi connectivity index (χ0n) is 23.7. The van der Waals surface area contributed by atoms with Crippen LogP contribution in [0.15, 0.2) is 103 Å². The van der Waals surface area contributed by atoms with Crippen LogP contribution in [0.4, 0.5) is 0 Å². The molecule has 42 heavy (non-hydrogen) atoms.